The molecule has 94 valence electrons. The van der Waals surface area contributed by atoms with Crippen molar-refractivity contribution in [3.05, 3.63) is 60.7 Å². The molecule has 0 aliphatic heterocycles. The van der Waals surface area contributed by atoms with Gasteiger partial charge < -0.3 is 4.74 Å². The number of rotatable bonds is 3. The summed E-state index contributed by atoms with van der Waals surface area (Å²) < 4.78 is 20.4. The van der Waals surface area contributed by atoms with E-state index in [1.54, 1.807) is 42.5 Å². The normalized spacial score (nSPS) is 10.4. The van der Waals surface area contributed by atoms with Crippen LogP contribution < -0.4 is 4.74 Å². The largest absolute Gasteiger partial charge is 0.454 e. The Hall–Kier alpha value is -2.76. The van der Waals surface area contributed by atoms with Crippen LogP contribution in [0.25, 0.3) is 5.69 Å². The SMILES string of the molecule is Fc1ccccc1Oc1ccc(-n2cnnn2)cc1. The first-order chi connectivity index (χ1) is 9.33. The molecule has 0 N–H and O–H groups in total. The van der Waals surface area contributed by atoms with Gasteiger partial charge in [0.2, 0.25) is 0 Å². The fraction of sp³-hybridized carbons (Fsp3) is 0. The summed E-state index contributed by atoms with van der Waals surface area (Å²) in [5.74, 6) is 0.339. The van der Waals surface area contributed by atoms with E-state index in [1.165, 1.54) is 17.1 Å². The van der Waals surface area contributed by atoms with Crippen LogP contribution in [0.5, 0.6) is 11.5 Å². The smallest absolute Gasteiger partial charge is 0.165 e. The Bertz CT molecular complexity index is 667. The average molecular weight is 256 g/mol. The first-order valence-corrected chi connectivity index (χ1v) is 5.59. The standard InChI is InChI=1S/C13H9FN4O/c14-12-3-1-2-4-13(12)19-11-7-5-10(6-8-11)18-9-15-16-17-18/h1-9H. The van der Waals surface area contributed by atoms with E-state index in [9.17, 15) is 4.39 Å². The maximum Gasteiger partial charge on any atom is 0.165 e. The molecule has 0 radical (unpaired) electrons. The van der Waals surface area contributed by atoms with Crippen molar-refractivity contribution in [2.24, 2.45) is 0 Å². The van der Waals surface area contributed by atoms with Gasteiger partial charge in [0.1, 0.15) is 12.1 Å². The summed E-state index contributed by atoms with van der Waals surface area (Å²) in [6.45, 7) is 0. The zero-order valence-electron chi connectivity index (χ0n) is 9.77. The molecule has 1 heterocycles. The fourth-order valence-electron chi connectivity index (χ4n) is 1.60. The Labute approximate surface area is 108 Å². The lowest BCUT2D eigenvalue weighted by Crippen LogP contribution is -1.95. The zero-order chi connectivity index (χ0) is 13.1. The van der Waals surface area contributed by atoms with Gasteiger partial charge in [0.15, 0.2) is 11.6 Å². The second-order valence-electron chi connectivity index (χ2n) is 3.78. The van der Waals surface area contributed by atoms with Gasteiger partial charge in [-0.25, -0.2) is 9.07 Å². The Morgan fingerprint density at radius 3 is 2.47 bits per heavy atom. The van der Waals surface area contributed by atoms with Gasteiger partial charge in [-0.15, -0.1) is 5.10 Å². The quantitative estimate of drug-likeness (QED) is 0.722. The molecule has 0 unspecified atom stereocenters. The molecule has 0 saturated heterocycles. The van der Waals surface area contributed by atoms with Crippen LogP contribution in [0, 0.1) is 5.82 Å². The van der Waals surface area contributed by atoms with Gasteiger partial charge in [0.05, 0.1) is 5.69 Å². The van der Waals surface area contributed by atoms with Crippen LogP contribution in [0.4, 0.5) is 4.39 Å². The van der Waals surface area contributed by atoms with Crippen molar-refractivity contribution in [3.63, 3.8) is 0 Å². The van der Waals surface area contributed by atoms with Crippen LogP contribution in [0.1, 0.15) is 0 Å². The number of ether oxygens (including phenoxy) is 1. The highest BCUT2D eigenvalue weighted by atomic mass is 19.1. The van der Waals surface area contributed by atoms with E-state index >= 15 is 0 Å². The molecule has 1 aromatic heterocycles. The zero-order valence-corrected chi connectivity index (χ0v) is 9.77. The molecule has 0 bridgehead atoms. The molecular formula is C13H9FN4O. The van der Waals surface area contributed by atoms with Gasteiger partial charge in [-0.3, -0.25) is 0 Å². The lowest BCUT2D eigenvalue weighted by molar-refractivity contribution is 0.442. The third-order valence-corrected chi connectivity index (χ3v) is 2.51. The molecule has 0 amide bonds. The minimum Gasteiger partial charge on any atom is -0.454 e. The molecule has 0 aliphatic carbocycles. The Morgan fingerprint density at radius 1 is 1.00 bits per heavy atom. The minimum absolute atomic E-state index is 0.192. The van der Waals surface area contributed by atoms with E-state index in [2.05, 4.69) is 15.5 Å². The highest BCUT2D eigenvalue weighted by molar-refractivity contribution is 5.38. The molecule has 0 aliphatic rings. The van der Waals surface area contributed by atoms with Crippen molar-refractivity contribution in [2.45, 2.75) is 0 Å². The molecule has 0 saturated carbocycles. The average Bonchev–Trinajstić information content (AvgIpc) is 2.96. The van der Waals surface area contributed by atoms with E-state index in [0.717, 1.165) is 5.69 Å². The first-order valence-electron chi connectivity index (χ1n) is 5.59. The predicted octanol–water partition coefficient (Wildman–Crippen LogP) is 2.59. The minimum atomic E-state index is -0.396. The van der Waals surface area contributed by atoms with Crippen LogP contribution in [0.15, 0.2) is 54.9 Å². The van der Waals surface area contributed by atoms with E-state index in [1.807, 2.05) is 0 Å². The van der Waals surface area contributed by atoms with Gasteiger partial charge >= 0.3 is 0 Å². The van der Waals surface area contributed by atoms with Crippen molar-refractivity contribution in [2.75, 3.05) is 0 Å². The molecular weight excluding hydrogens is 247 g/mol. The predicted molar refractivity (Wildman–Crippen MR) is 65.6 cm³/mol. The molecule has 0 spiro atoms. The van der Waals surface area contributed by atoms with Crippen LogP contribution >= 0.6 is 0 Å². The maximum atomic E-state index is 13.4. The number of tetrazole rings is 1. The summed E-state index contributed by atoms with van der Waals surface area (Å²) in [5.41, 5.74) is 0.797. The van der Waals surface area contributed by atoms with Gasteiger partial charge in [-0.05, 0) is 46.8 Å². The third-order valence-electron chi connectivity index (χ3n) is 2.51. The van der Waals surface area contributed by atoms with E-state index in [-0.39, 0.29) is 5.75 Å². The lowest BCUT2D eigenvalue weighted by atomic mass is 10.3. The Balaban J connectivity index is 1.82. The lowest BCUT2D eigenvalue weighted by Gasteiger charge is -2.07. The van der Waals surface area contributed by atoms with Crippen LogP contribution in [-0.4, -0.2) is 20.2 Å². The number of hydrogen-bond donors (Lipinski definition) is 0. The van der Waals surface area contributed by atoms with Crippen molar-refractivity contribution < 1.29 is 9.13 Å². The first kappa shape index (κ1) is 11.3. The highest BCUT2D eigenvalue weighted by Crippen LogP contribution is 2.24. The maximum absolute atomic E-state index is 13.4. The molecule has 6 heteroatoms. The summed E-state index contributed by atoms with van der Waals surface area (Å²) in [4.78, 5) is 0. The summed E-state index contributed by atoms with van der Waals surface area (Å²) in [5, 5.41) is 10.9. The number of aromatic nitrogens is 4. The second-order valence-corrected chi connectivity index (χ2v) is 3.78. The molecule has 3 rings (SSSR count). The van der Waals surface area contributed by atoms with Gasteiger partial charge in [-0.1, -0.05) is 12.1 Å². The monoisotopic (exact) mass is 256 g/mol. The summed E-state index contributed by atoms with van der Waals surface area (Å²) in [6, 6.07) is 13.3. The van der Waals surface area contributed by atoms with Crippen molar-refractivity contribution in [1.29, 1.82) is 0 Å². The van der Waals surface area contributed by atoms with Crippen LogP contribution in [0.3, 0.4) is 0 Å². The van der Waals surface area contributed by atoms with Gasteiger partial charge in [-0.2, -0.15) is 0 Å². The van der Waals surface area contributed by atoms with Crippen LogP contribution in [0.2, 0.25) is 0 Å². The number of para-hydroxylation sites is 1. The van der Waals surface area contributed by atoms with E-state index < -0.39 is 5.82 Å². The number of hydrogen-bond acceptors (Lipinski definition) is 4. The molecule has 19 heavy (non-hydrogen) atoms. The van der Waals surface area contributed by atoms with E-state index in [4.69, 9.17) is 4.74 Å². The molecule has 0 fully saturated rings. The summed E-state index contributed by atoms with van der Waals surface area (Å²) in [6.07, 6.45) is 1.49. The van der Waals surface area contributed by atoms with Crippen LogP contribution in [-0.2, 0) is 0 Å². The molecule has 3 aromatic rings. The van der Waals surface area contributed by atoms with Crippen molar-refractivity contribution in [1.82, 2.24) is 20.2 Å². The highest BCUT2D eigenvalue weighted by Gasteiger charge is 2.04. The number of benzene rings is 2. The Kier molecular flexibility index (Phi) is 2.89. The summed E-state index contributed by atoms with van der Waals surface area (Å²) >= 11 is 0. The van der Waals surface area contributed by atoms with Crippen molar-refractivity contribution in [3.8, 4) is 17.2 Å². The Morgan fingerprint density at radius 2 is 1.79 bits per heavy atom. The number of nitrogens with zero attached hydrogens (tertiary/aromatic N) is 4. The van der Waals surface area contributed by atoms with Crippen molar-refractivity contribution >= 4 is 0 Å². The number of halogens is 1. The summed E-state index contributed by atoms with van der Waals surface area (Å²) in [7, 11) is 0. The van der Waals surface area contributed by atoms with Gasteiger partial charge in [0, 0.05) is 0 Å². The van der Waals surface area contributed by atoms with E-state index in [0.29, 0.717) is 5.75 Å². The molecule has 5 nitrogen and oxygen atoms in total. The fourth-order valence-corrected chi connectivity index (χ4v) is 1.60. The third kappa shape index (κ3) is 2.42. The van der Waals surface area contributed by atoms with Gasteiger partial charge in [0.25, 0.3) is 0 Å². The second kappa shape index (κ2) is 4.85. The molecule has 0 atom stereocenters. The molecule has 2 aromatic carbocycles. The topological polar surface area (TPSA) is 52.8 Å².